The lowest BCUT2D eigenvalue weighted by Crippen LogP contribution is -2.14. The number of nitrogens with zero attached hydrogens (tertiary/aromatic N) is 2. The fourth-order valence-corrected chi connectivity index (χ4v) is 1.99. The van der Waals surface area contributed by atoms with Crippen molar-refractivity contribution >= 4 is 11.6 Å². The fraction of sp³-hybridized carbons (Fsp3) is 0.0625. The van der Waals surface area contributed by atoms with Gasteiger partial charge in [0.25, 0.3) is 0 Å². The van der Waals surface area contributed by atoms with E-state index >= 15 is 0 Å². The predicted octanol–water partition coefficient (Wildman–Crippen LogP) is 3.41. The Morgan fingerprint density at radius 3 is 2.68 bits per heavy atom. The molecule has 0 unspecified atom stereocenters. The van der Waals surface area contributed by atoms with Gasteiger partial charge >= 0.3 is 11.8 Å². The number of hydrogen-bond acceptors (Lipinski definition) is 5. The van der Waals surface area contributed by atoms with Crippen molar-refractivity contribution in [2.75, 3.05) is 12.4 Å². The van der Waals surface area contributed by atoms with E-state index in [2.05, 4.69) is 10.2 Å². The highest BCUT2D eigenvalue weighted by atomic mass is 19.2. The number of amides is 1. The van der Waals surface area contributed by atoms with Crippen LogP contribution in [0.25, 0.3) is 11.5 Å². The molecule has 9 heteroatoms. The van der Waals surface area contributed by atoms with Gasteiger partial charge in [-0.2, -0.15) is 0 Å². The van der Waals surface area contributed by atoms with Crippen molar-refractivity contribution in [2.45, 2.75) is 0 Å². The predicted molar refractivity (Wildman–Crippen MR) is 80.6 cm³/mol. The van der Waals surface area contributed by atoms with Crippen LogP contribution in [0.15, 0.2) is 40.8 Å². The third-order valence-corrected chi connectivity index (χ3v) is 3.22. The summed E-state index contributed by atoms with van der Waals surface area (Å²) in [5.74, 6) is -5.44. The largest absolute Gasteiger partial charge is 0.497 e. The monoisotopic (exact) mass is 349 g/mol. The van der Waals surface area contributed by atoms with Crippen molar-refractivity contribution in [3.8, 4) is 17.2 Å². The lowest BCUT2D eigenvalue weighted by molar-refractivity contribution is 0.0990. The standard InChI is InChI=1S/C16H10F3N3O3/c1-24-9-4-2-3-8(7-9)15-21-22-16(25-15)14(23)20-11-6-5-10(17)12(18)13(11)19/h2-7H,1H3,(H,20,23). The van der Waals surface area contributed by atoms with E-state index in [9.17, 15) is 18.0 Å². The van der Waals surface area contributed by atoms with Gasteiger partial charge in [0.05, 0.1) is 12.8 Å². The zero-order valence-corrected chi connectivity index (χ0v) is 12.7. The van der Waals surface area contributed by atoms with E-state index in [4.69, 9.17) is 9.15 Å². The zero-order chi connectivity index (χ0) is 18.0. The van der Waals surface area contributed by atoms with Crippen molar-refractivity contribution in [1.82, 2.24) is 10.2 Å². The SMILES string of the molecule is COc1cccc(-c2nnc(C(=O)Nc3ccc(F)c(F)c3F)o2)c1. The summed E-state index contributed by atoms with van der Waals surface area (Å²) < 4.78 is 49.9. The lowest BCUT2D eigenvalue weighted by atomic mass is 10.2. The maximum Gasteiger partial charge on any atom is 0.313 e. The van der Waals surface area contributed by atoms with E-state index in [1.165, 1.54) is 7.11 Å². The summed E-state index contributed by atoms with van der Waals surface area (Å²) in [6, 6.07) is 8.24. The molecule has 128 valence electrons. The van der Waals surface area contributed by atoms with Crippen LogP contribution in [0.1, 0.15) is 10.7 Å². The minimum Gasteiger partial charge on any atom is -0.497 e. The molecule has 0 spiro atoms. The van der Waals surface area contributed by atoms with Crippen LogP contribution >= 0.6 is 0 Å². The molecule has 0 aliphatic rings. The molecule has 0 aliphatic carbocycles. The average molecular weight is 349 g/mol. The Morgan fingerprint density at radius 1 is 1.12 bits per heavy atom. The maximum atomic E-state index is 13.6. The van der Waals surface area contributed by atoms with Gasteiger partial charge in [0.15, 0.2) is 17.5 Å². The van der Waals surface area contributed by atoms with Crippen molar-refractivity contribution in [3.63, 3.8) is 0 Å². The number of ether oxygens (including phenoxy) is 1. The van der Waals surface area contributed by atoms with Crippen molar-refractivity contribution < 1.29 is 27.1 Å². The molecule has 6 nitrogen and oxygen atoms in total. The number of benzene rings is 2. The van der Waals surface area contributed by atoms with E-state index in [0.717, 1.165) is 6.07 Å². The lowest BCUT2D eigenvalue weighted by Gasteiger charge is -2.04. The molecule has 25 heavy (non-hydrogen) atoms. The van der Waals surface area contributed by atoms with Crippen LogP contribution < -0.4 is 10.1 Å². The quantitative estimate of drug-likeness (QED) is 0.731. The highest BCUT2D eigenvalue weighted by Gasteiger charge is 2.20. The number of carbonyl (C=O) groups excluding carboxylic acids is 1. The number of nitrogens with one attached hydrogen (secondary N) is 1. The Balaban J connectivity index is 1.82. The summed E-state index contributed by atoms with van der Waals surface area (Å²) in [7, 11) is 1.49. The van der Waals surface area contributed by atoms with E-state index in [-0.39, 0.29) is 5.89 Å². The van der Waals surface area contributed by atoms with Crippen LogP contribution in [-0.2, 0) is 0 Å². The van der Waals surface area contributed by atoms with Gasteiger partial charge in [-0.15, -0.1) is 10.2 Å². The van der Waals surface area contributed by atoms with Gasteiger partial charge in [0, 0.05) is 5.56 Å². The summed E-state index contributed by atoms with van der Waals surface area (Å²) >= 11 is 0. The summed E-state index contributed by atoms with van der Waals surface area (Å²) in [6.07, 6.45) is 0. The Labute approximate surface area is 139 Å². The molecular formula is C16H10F3N3O3. The number of anilines is 1. The Morgan fingerprint density at radius 2 is 1.92 bits per heavy atom. The number of rotatable bonds is 4. The second-order valence-corrected chi connectivity index (χ2v) is 4.82. The summed E-state index contributed by atoms with van der Waals surface area (Å²) in [5, 5.41) is 9.31. The molecule has 0 atom stereocenters. The van der Waals surface area contributed by atoms with Crippen molar-refractivity contribution in [3.05, 3.63) is 59.7 Å². The second-order valence-electron chi connectivity index (χ2n) is 4.82. The van der Waals surface area contributed by atoms with Crippen molar-refractivity contribution in [2.24, 2.45) is 0 Å². The van der Waals surface area contributed by atoms with Crippen LogP contribution in [0.4, 0.5) is 18.9 Å². The molecule has 0 fully saturated rings. The highest BCUT2D eigenvalue weighted by molar-refractivity contribution is 6.01. The first-order valence-corrected chi connectivity index (χ1v) is 6.92. The Kier molecular flexibility index (Phi) is 4.38. The number of methoxy groups -OCH3 is 1. The number of halogens is 3. The van der Waals surface area contributed by atoms with Gasteiger partial charge in [-0.1, -0.05) is 6.07 Å². The molecule has 3 aromatic rings. The third-order valence-electron chi connectivity index (χ3n) is 3.22. The molecule has 0 radical (unpaired) electrons. The van der Waals surface area contributed by atoms with Crippen LogP contribution in [0.2, 0.25) is 0 Å². The minimum atomic E-state index is -1.69. The normalized spacial score (nSPS) is 10.6. The summed E-state index contributed by atoms with van der Waals surface area (Å²) in [6.45, 7) is 0. The maximum absolute atomic E-state index is 13.6. The number of hydrogen-bond donors (Lipinski definition) is 1. The topological polar surface area (TPSA) is 77.2 Å². The first kappa shape index (κ1) is 16.5. The molecule has 2 aromatic carbocycles. The van der Waals surface area contributed by atoms with E-state index in [1.54, 1.807) is 24.3 Å². The minimum absolute atomic E-state index is 0.0369. The molecule has 0 saturated carbocycles. The molecule has 3 rings (SSSR count). The summed E-state index contributed by atoms with van der Waals surface area (Å²) in [5.41, 5.74) is -0.0464. The third kappa shape index (κ3) is 3.30. The average Bonchev–Trinajstić information content (AvgIpc) is 3.12. The smallest absolute Gasteiger partial charge is 0.313 e. The summed E-state index contributed by atoms with van der Waals surface area (Å²) in [4.78, 5) is 12.0. The molecule has 1 aromatic heterocycles. The first-order chi connectivity index (χ1) is 12.0. The van der Waals surface area contributed by atoms with Gasteiger partial charge in [-0.05, 0) is 30.3 Å². The van der Waals surface area contributed by atoms with Crippen LogP contribution in [-0.4, -0.2) is 23.2 Å². The van der Waals surface area contributed by atoms with Crippen LogP contribution in [0.5, 0.6) is 5.75 Å². The highest BCUT2D eigenvalue weighted by Crippen LogP contribution is 2.24. The van der Waals surface area contributed by atoms with Crippen LogP contribution in [0.3, 0.4) is 0 Å². The molecule has 1 N–H and O–H groups in total. The molecule has 0 saturated heterocycles. The Hall–Kier alpha value is -3.36. The Bertz CT molecular complexity index is 943. The van der Waals surface area contributed by atoms with E-state index in [0.29, 0.717) is 17.4 Å². The first-order valence-electron chi connectivity index (χ1n) is 6.92. The zero-order valence-electron chi connectivity index (χ0n) is 12.7. The van der Waals surface area contributed by atoms with E-state index in [1.807, 2.05) is 5.32 Å². The number of aromatic nitrogens is 2. The fourth-order valence-electron chi connectivity index (χ4n) is 1.99. The molecule has 1 amide bonds. The molecular weight excluding hydrogens is 339 g/mol. The van der Waals surface area contributed by atoms with Gasteiger partial charge in [0.1, 0.15) is 5.75 Å². The van der Waals surface area contributed by atoms with Crippen LogP contribution in [0, 0.1) is 17.5 Å². The van der Waals surface area contributed by atoms with Gasteiger partial charge in [-0.3, -0.25) is 4.79 Å². The van der Waals surface area contributed by atoms with Gasteiger partial charge < -0.3 is 14.5 Å². The molecule has 0 aliphatic heterocycles. The number of carbonyl (C=O) groups is 1. The molecule has 1 heterocycles. The van der Waals surface area contributed by atoms with Gasteiger partial charge in [-0.25, -0.2) is 13.2 Å². The van der Waals surface area contributed by atoms with Gasteiger partial charge in [0.2, 0.25) is 5.89 Å². The molecule has 0 bridgehead atoms. The van der Waals surface area contributed by atoms with Crippen molar-refractivity contribution in [1.29, 1.82) is 0 Å². The van der Waals surface area contributed by atoms with E-state index < -0.39 is 34.9 Å². The second kappa shape index (κ2) is 6.63.